The maximum atomic E-state index is 11.0. The van der Waals surface area contributed by atoms with Crippen molar-refractivity contribution in [1.82, 2.24) is 0 Å². The Morgan fingerprint density at radius 3 is 2.40 bits per heavy atom. The van der Waals surface area contributed by atoms with Gasteiger partial charge < -0.3 is 4.74 Å². The fraction of sp³-hybridized carbons (Fsp3) is 0.400. The molecule has 0 N–H and O–H groups in total. The highest BCUT2D eigenvalue weighted by Crippen LogP contribution is 2.23. The molecule has 0 spiro atoms. The molecule has 0 saturated carbocycles. The normalized spacial score (nSPS) is 13.7. The van der Waals surface area contributed by atoms with E-state index in [4.69, 9.17) is 4.74 Å². The number of hydrogen-bond donors (Lipinski definition) is 0. The van der Waals surface area contributed by atoms with Crippen LogP contribution in [0.2, 0.25) is 0 Å². The van der Waals surface area contributed by atoms with Crippen LogP contribution in [0.4, 0.5) is 0 Å². The van der Waals surface area contributed by atoms with Crippen molar-refractivity contribution in [3.8, 4) is 0 Å². The van der Waals surface area contributed by atoms with Gasteiger partial charge in [0, 0.05) is 19.1 Å². The van der Waals surface area contributed by atoms with Gasteiger partial charge in [0.15, 0.2) is 8.87 Å². The van der Waals surface area contributed by atoms with E-state index in [0.717, 1.165) is 16.4 Å². The predicted molar refractivity (Wildman–Crippen MR) is 63.5 cm³/mol. The van der Waals surface area contributed by atoms with E-state index in [2.05, 4.69) is 0 Å². The molecule has 0 aliphatic carbocycles. The second-order valence-electron chi connectivity index (χ2n) is 3.12. The van der Waals surface area contributed by atoms with Crippen LogP contribution in [0.25, 0.3) is 0 Å². The van der Waals surface area contributed by atoms with E-state index in [1.807, 2.05) is 30.3 Å². The predicted octanol–water partition coefficient (Wildman–Crippen LogP) is 2.07. The van der Waals surface area contributed by atoms with Crippen LogP contribution in [0.15, 0.2) is 30.3 Å². The molecule has 0 aliphatic heterocycles. The number of rotatable bonds is 5. The molecule has 0 bridgehead atoms. The molecule has 0 radical (unpaired) electrons. The molecule has 84 valence electrons. The average molecular weight is 246 g/mol. The summed E-state index contributed by atoms with van der Waals surface area (Å²) in [5.41, 5.74) is 0.996. The smallest absolute Gasteiger partial charge is 0.198 e. The molecule has 0 aromatic heterocycles. The van der Waals surface area contributed by atoms with Crippen molar-refractivity contribution < 1.29 is 13.2 Å². The van der Waals surface area contributed by atoms with Gasteiger partial charge in [-0.05, 0) is 16.4 Å². The zero-order valence-electron chi connectivity index (χ0n) is 8.71. The zero-order valence-corrected chi connectivity index (χ0v) is 10.3. The lowest BCUT2D eigenvalue weighted by molar-refractivity contribution is 0.123. The second kappa shape index (κ2) is 5.53. The van der Waals surface area contributed by atoms with E-state index >= 15 is 0 Å². The van der Waals surface area contributed by atoms with Gasteiger partial charge in [-0.2, -0.15) is 0 Å². The average Bonchev–Trinajstić information content (AvgIpc) is 2.19. The molecule has 15 heavy (non-hydrogen) atoms. The summed E-state index contributed by atoms with van der Waals surface area (Å²) >= 11 is 0. The van der Waals surface area contributed by atoms with Crippen LogP contribution >= 0.6 is 10.8 Å². The first kappa shape index (κ1) is 12.5. The third-order valence-corrected chi connectivity index (χ3v) is 4.45. The van der Waals surface area contributed by atoms with E-state index < -0.39 is 8.87 Å². The Morgan fingerprint density at radius 2 is 1.93 bits per heavy atom. The summed E-state index contributed by atoms with van der Waals surface area (Å²) in [6.45, 7) is 0. The fourth-order valence-electron chi connectivity index (χ4n) is 1.15. The van der Waals surface area contributed by atoms with Crippen LogP contribution in [0, 0.1) is 0 Å². The lowest BCUT2D eigenvalue weighted by Crippen LogP contribution is -2.06. The molecule has 1 rings (SSSR count). The molecule has 5 heteroatoms. The summed E-state index contributed by atoms with van der Waals surface area (Å²) in [7, 11) is -0.508. The van der Waals surface area contributed by atoms with Gasteiger partial charge in [0.2, 0.25) is 0 Å². The molecule has 0 amide bonds. The Morgan fingerprint density at radius 1 is 1.33 bits per heavy atom. The minimum atomic E-state index is -3.00. The first-order valence-electron chi connectivity index (χ1n) is 4.45. The number of hydrogen-bond acceptors (Lipinski definition) is 4. The van der Waals surface area contributed by atoms with Gasteiger partial charge >= 0.3 is 0 Å². The first-order chi connectivity index (χ1) is 7.03. The lowest BCUT2D eigenvalue weighted by atomic mass is 10.1. The van der Waals surface area contributed by atoms with E-state index in [0.29, 0.717) is 5.75 Å². The summed E-state index contributed by atoms with van der Waals surface area (Å²) in [5.74, 6) is 0.416. The van der Waals surface area contributed by atoms with Gasteiger partial charge in [-0.3, -0.25) is 0 Å². The SMILES string of the molecule is CO[C@H](CSS(C)(=O)=O)c1ccccc1. The summed E-state index contributed by atoms with van der Waals surface area (Å²) in [5, 5.41) is 0. The molecule has 0 saturated heterocycles. The highest BCUT2D eigenvalue weighted by atomic mass is 33.1. The highest BCUT2D eigenvalue weighted by molar-refractivity contribution is 8.71. The van der Waals surface area contributed by atoms with Gasteiger partial charge in [-0.15, -0.1) is 0 Å². The standard InChI is InChI=1S/C10H14O3S2/c1-13-10(8-14-15(2,11)12)9-6-4-3-5-7-9/h3-7,10H,8H2,1-2H3/t10-/m1/s1. The zero-order chi connectivity index (χ0) is 11.3. The van der Waals surface area contributed by atoms with E-state index in [1.54, 1.807) is 7.11 Å². The number of methoxy groups -OCH3 is 1. The number of ether oxygens (including phenoxy) is 1. The summed E-state index contributed by atoms with van der Waals surface area (Å²) in [6, 6.07) is 9.59. The van der Waals surface area contributed by atoms with Crippen molar-refractivity contribution in [3.63, 3.8) is 0 Å². The molecular formula is C10H14O3S2. The largest absolute Gasteiger partial charge is 0.376 e. The van der Waals surface area contributed by atoms with Crippen LogP contribution in [0.3, 0.4) is 0 Å². The van der Waals surface area contributed by atoms with Crippen molar-refractivity contribution in [1.29, 1.82) is 0 Å². The van der Waals surface area contributed by atoms with Crippen LogP contribution in [0.1, 0.15) is 11.7 Å². The van der Waals surface area contributed by atoms with Crippen LogP contribution in [-0.4, -0.2) is 27.5 Å². The topological polar surface area (TPSA) is 43.4 Å². The Labute approximate surface area is 94.2 Å². The molecule has 1 aromatic rings. The Kier molecular flexibility index (Phi) is 4.63. The third kappa shape index (κ3) is 4.68. The third-order valence-electron chi connectivity index (χ3n) is 1.89. The van der Waals surface area contributed by atoms with Crippen LogP contribution < -0.4 is 0 Å². The van der Waals surface area contributed by atoms with Gasteiger partial charge in [0.25, 0.3) is 0 Å². The van der Waals surface area contributed by atoms with Crippen molar-refractivity contribution in [3.05, 3.63) is 35.9 Å². The molecule has 0 aliphatic rings. The van der Waals surface area contributed by atoms with Crippen molar-refractivity contribution >= 4 is 19.7 Å². The van der Waals surface area contributed by atoms with E-state index in [1.165, 1.54) is 6.26 Å². The van der Waals surface area contributed by atoms with E-state index in [-0.39, 0.29) is 6.10 Å². The van der Waals surface area contributed by atoms with Crippen molar-refractivity contribution in [2.45, 2.75) is 6.10 Å². The second-order valence-corrected chi connectivity index (χ2v) is 7.62. The van der Waals surface area contributed by atoms with Crippen LogP contribution in [0.5, 0.6) is 0 Å². The summed E-state index contributed by atoms with van der Waals surface area (Å²) < 4.78 is 27.2. The highest BCUT2D eigenvalue weighted by Gasteiger charge is 2.13. The van der Waals surface area contributed by atoms with Gasteiger partial charge in [-0.25, -0.2) is 8.42 Å². The molecule has 0 unspecified atom stereocenters. The Hall–Kier alpha value is -0.520. The summed E-state index contributed by atoms with van der Waals surface area (Å²) in [6.07, 6.45) is 1.03. The van der Waals surface area contributed by atoms with Crippen molar-refractivity contribution in [2.24, 2.45) is 0 Å². The maximum absolute atomic E-state index is 11.0. The van der Waals surface area contributed by atoms with E-state index in [9.17, 15) is 8.42 Å². The first-order valence-corrected chi connectivity index (χ1v) is 7.84. The maximum Gasteiger partial charge on any atom is 0.198 e. The molecule has 1 aromatic carbocycles. The fourth-order valence-corrected chi connectivity index (χ4v) is 2.97. The Balaban J connectivity index is 2.66. The van der Waals surface area contributed by atoms with Gasteiger partial charge in [0.1, 0.15) is 0 Å². The molecule has 1 atom stereocenters. The number of benzene rings is 1. The summed E-state index contributed by atoms with van der Waals surface area (Å²) in [4.78, 5) is 0. The minimum Gasteiger partial charge on any atom is -0.376 e. The molecular weight excluding hydrogens is 232 g/mol. The molecule has 3 nitrogen and oxygen atoms in total. The van der Waals surface area contributed by atoms with Gasteiger partial charge in [0.05, 0.1) is 6.10 Å². The van der Waals surface area contributed by atoms with Gasteiger partial charge in [-0.1, -0.05) is 30.3 Å². The van der Waals surface area contributed by atoms with Crippen molar-refractivity contribution in [2.75, 3.05) is 19.1 Å². The Bertz CT molecular complexity index is 386. The monoisotopic (exact) mass is 246 g/mol. The molecule has 0 heterocycles. The quantitative estimate of drug-likeness (QED) is 0.746. The molecule has 0 fully saturated rings. The van der Waals surface area contributed by atoms with Crippen LogP contribution in [-0.2, 0) is 13.6 Å². The minimum absolute atomic E-state index is 0.175. The lowest BCUT2D eigenvalue weighted by Gasteiger charge is -2.14.